The Hall–Kier alpha value is -2.32. The molecule has 0 aliphatic carbocycles. The molecule has 0 N–H and O–H groups in total. The number of thiophene rings is 1. The lowest BCUT2D eigenvalue weighted by Crippen LogP contribution is -2.36. The molecule has 0 fully saturated rings. The lowest BCUT2D eigenvalue weighted by Gasteiger charge is -2.22. The maximum absolute atomic E-state index is 12.7. The lowest BCUT2D eigenvalue weighted by atomic mass is 10.3. The van der Waals surface area contributed by atoms with Gasteiger partial charge in [0.2, 0.25) is 5.91 Å². The molecule has 3 aromatic rings. The number of hydrogen-bond donors (Lipinski definition) is 0. The van der Waals surface area contributed by atoms with Gasteiger partial charge < -0.3 is 9.64 Å². The fourth-order valence-corrected chi connectivity index (χ4v) is 4.59. The summed E-state index contributed by atoms with van der Waals surface area (Å²) in [5.74, 6) is 1.57. The number of hydrogen-bond acceptors (Lipinski definition) is 6. The summed E-state index contributed by atoms with van der Waals surface area (Å²) in [6.45, 7) is 7.28. The summed E-state index contributed by atoms with van der Waals surface area (Å²) < 4.78 is 7.54. The van der Waals surface area contributed by atoms with Crippen molar-refractivity contribution in [1.82, 2.24) is 19.7 Å². The van der Waals surface area contributed by atoms with Crippen molar-refractivity contribution in [2.45, 2.75) is 31.2 Å². The van der Waals surface area contributed by atoms with Gasteiger partial charge in [-0.05, 0) is 44.4 Å². The third kappa shape index (κ3) is 4.07. The first-order chi connectivity index (χ1) is 13.6. The zero-order valence-electron chi connectivity index (χ0n) is 16.5. The molecule has 1 unspecified atom stereocenters. The molecule has 8 heteroatoms. The van der Waals surface area contributed by atoms with Crippen molar-refractivity contribution < 1.29 is 9.53 Å². The maximum atomic E-state index is 12.7. The Morgan fingerprint density at radius 2 is 1.96 bits per heavy atom. The highest BCUT2D eigenvalue weighted by atomic mass is 32.2. The highest BCUT2D eigenvalue weighted by Gasteiger charge is 2.25. The minimum Gasteiger partial charge on any atom is -0.495 e. The SMILES string of the molecule is CCN(CC)C(=O)C(C)Sc1nnc(-c2cccs2)n1-c1ccccc1OC. The van der Waals surface area contributed by atoms with Crippen LogP contribution in [0.5, 0.6) is 5.75 Å². The van der Waals surface area contributed by atoms with E-state index in [4.69, 9.17) is 4.74 Å². The second-order valence-electron chi connectivity index (χ2n) is 6.06. The van der Waals surface area contributed by atoms with E-state index in [2.05, 4.69) is 10.2 Å². The topological polar surface area (TPSA) is 60.2 Å². The standard InChI is InChI=1S/C20H24N4O2S2/c1-5-23(6-2)19(25)14(3)28-20-22-21-18(17-12-9-13-27-17)24(20)15-10-7-8-11-16(15)26-4/h7-14H,5-6H2,1-4H3. The van der Waals surface area contributed by atoms with Gasteiger partial charge >= 0.3 is 0 Å². The minimum atomic E-state index is -0.270. The van der Waals surface area contributed by atoms with E-state index in [0.29, 0.717) is 18.2 Å². The molecule has 0 bridgehead atoms. The largest absolute Gasteiger partial charge is 0.495 e. The summed E-state index contributed by atoms with van der Waals surface area (Å²) in [6, 6.07) is 11.8. The van der Waals surface area contributed by atoms with Gasteiger partial charge in [0.05, 0.1) is 22.9 Å². The summed E-state index contributed by atoms with van der Waals surface area (Å²) in [6.07, 6.45) is 0. The van der Waals surface area contributed by atoms with Gasteiger partial charge in [-0.2, -0.15) is 0 Å². The number of aromatic nitrogens is 3. The van der Waals surface area contributed by atoms with Gasteiger partial charge in [0, 0.05) is 13.1 Å². The average molecular weight is 417 g/mol. The molecule has 1 aromatic carbocycles. The molecule has 0 aliphatic rings. The Morgan fingerprint density at radius 3 is 2.61 bits per heavy atom. The van der Waals surface area contributed by atoms with E-state index in [1.165, 1.54) is 11.8 Å². The monoisotopic (exact) mass is 416 g/mol. The van der Waals surface area contributed by atoms with E-state index >= 15 is 0 Å². The Balaban J connectivity index is 2.04. The highest BCUT2D eigenvalue weighted by molar-refractivity contribution is 8.00. The lowest BCUT2D eigenvalue weighted by molar-refractivity contribution is -0.129. The van der Waals surface area contributed by atoms with E-state index in [-0.39, 0.29) is 11.2 Å². The summed E-state index contributed by atoms with van der Waals surface area (Å²) in [5, 5.41) is 11.3. The first-order valence-corrected chi connectivity index (χ1v) is 10.9. The summed E-state index contributed by atoms with van der Waals surface area (Å²) in [7, 11) is 1.65. The predicted octanol–water partition coefficient (Wildman–Crippen LogP) is 4.35. The number of thioether (sulfide) groups is 1. The van der Waals surface area contributed by atoms with Gasteiger partial charge in [-0.1, -0.05) is 30.0 Å². The van der Waals surface area contributed by atoms with Crippen LogP contribution in [0.15, 0.2) is 46.9 Å². The Bertz CT molecular complexity index is 920. The Kier molecular flexibility index (Phi) is 6.74. The second kappa shape index (κ2) is 9.25. The van der Waals surface area contributed by atoms with Crippen molar-refractivity contribution in [2.24, 2.45) is 0 Å². The molecule has 0 spiro atoms. The summed E-state index contributed by atoms with van der Waals surface area (Å²) >= 11 is 3.02. The molecule has 1 amide bonds. The molecule has 0 saturated heterocycles. The molecule has 0 saturated carbocycles. The third-order valence-electron chi connectivity index (χ3n) is 4.41. The van der Waals surface area contributed by atoms with Crippen molar-refractivity contribution in [3.05, 3.63) is 41.8 Å². The number of rotatable bonds is 8. The van der Waals surface area contributed by atoms with E-state index in [1.54, 1.807) is 18.4 Å². The molecule has 3 rings (SSSR count). The maximum Gasteiger partial charge on any atom is 0.235 e. The molecular weight excluding hydrogens is 392 g/mol. The number of carbonyl (C=O) groups excluding carboxylic acids is 1. The summed E-state index contributed by atoms with van der Waals surface area (Å²) in [5.41, 5.74) is 0.850. The molecule has 1 atom stereocenters. The normalized spacial score (nSPS) is 12.0. The number of nitrogens with zero attached hydrogens (tertiary/aromatic N) is 4. The van der Waals surface area contributed by atoms with Crippen LogP contribution in [0.2, 0.25) is 0 Å². The molecule has 2 aromatic heterocycles. The van der Waals surface area contributed by atoms with Gasteiger partial charge in [-0.3, -0.25) is 9.36 Å². The molecule has 0 radical (unpaired) electrons. The zero-order valence-corrected chi connectivity index (χ0v) is 18.1. The van der Waals surface area contributed by atoms with Gasteiger partial charge in [0.1, 0.15) is 5.75 Å². The third-order valence-corrected chi connectivity index (χ3v) is 6.30. The molecular formula is C20H24N4O2S2. The van der Waals surface area contributed by atoms with Crippen LogP contribution in [0, 0.1) is 0 Å². The van der Waals surface area contributed by atoms with Crippen LogP contribution in [-0.2, 0) is 4.79 Å². The minimum absolute atomic E-state index is 0.0993. The molecule has 6 nitrogen and oxygen atoms in total. The summed E-state index contributed by atoms with van der Waals surface area (Å²) in [4.78, 5) is 15.6. The van der Waals surface area contributed by atoms with Crippen LogP contribution >= 0.6 is 23.1 Å². The molecule has 148 valence electrons. The van der Waals surface area contributed by atoms with Crippen molar-refractivity contribution in [3.63, 3.8) is 0 Å². The smallest absolute Gasteiger partial charge is 0.235 e. The molecule has 28 heavy (non-hydrogen) atoms. The average Bonchev–Trinajstić information content (AvgIpc) is 3.38. The van der Waals surface area contributed by atoms with E-state index in [9.17, 15) is 4.79 Å². The van der Waals surface area contributed by atoms with Gasteiger partial charge in [-0.25, -0.2) is 0 Å². The number of methoxy groups -OCH3 is 1. The number of para-hydroxylation sites is 2. The fourth-order valence-electron chi connectivity index (χ4n) is 2.94. The first-order valence-electron chi connectivity index (χ1n) is 9.18. The van der Waals surface area contributed by atoms with E-state index < -0.39 is 0 Å². The van der Waals surface area contributed by atoms with Crippen LogP contribution in [0.1, 0.15) is 20.8 Å². The van der Waals surface area contributed by atoms with Crippen LogP contribution in [0.25, 0.3) is 16.4 Å². The highest BCUT2D eigenvalue weighted by Crippen LogP contribution is 2.35. The van der Waals surface area contributed by atoms with Crippen LogP contribution in [-0.4, -0.2) is 51.0 Å². The molecule has 2 heterocycles. The van der Waals surface area contributed by atoms with Crippen LogP contribution < -0.4 is 4.74 Å². The zero-order chi connectivity index (χ0) is 20.1. The quantitative estimate of drug-likeness (QED) is 0.511. The Labute approximate surface area is 173 Å². The Morgan fingerprint density at radius 1 is 1.21 bits per heavy atom. The number of benzene rings is 1. The van der Waals surface area contributed by atoms with Gasteiger partial charge in [0.25, 0.3) is 0 Å². The van der Waals surface area contributed by atoms with Gasteiger partial charge in [0.15, 0.2) is 11.0 Å². The van der Waals surface area contributed by atoms with Crippen LogP contribution in [0.4, 0.5) is 0 Å². The van der Waals surface area contributed by atoms with E-state index in [1.807, 2.05) is 72.0 Å². The van der Waals surface area contributed by atoms with Crippen LogP contribution in [0.3, 0.4) is 0 Å². The number of carbonyl (C=O) groups is 1. The predicted molar refractivity (Wildman–Crippen MR) is 114 cm³/mol. The van der Waals surface area contributed by atoms with Crippen molar-refractivity contribution >= 4 is 29.0 Å². The van der Waals surface area contributed by atoms with Crippen molar-refractivity contribution in [1.29, 1.82) is 0 Å². The van der Waals surface area contributed by atoms with E-state index in [0.717, 1.165) is 22.1 Å². The molecule has 0 aliphatic heterocycles. The van der Waals surface area contributed by atoms with Crippen molar-refractivity contribution in [3.8, 4) is 22.1 Å². The van der Waals surface area contributed by atoms with Gasteiger partial charge in [-0.15, -0.1) is 21.5 Å². The fraction of sp³-hybridized carbons (Fsp3) is 0.350. The first kappa shape index (κ1) is 20.4. The number of ether oxygens (including phenoxy) is 1. The van der Waals surface area contributed by atoms with Crippen molar-refractivity contribution in [2.75, 3.05) is 20.2 Å². The second-order valence-corrected chi connectivity index (χ2v) is 8.32. The number of amides is 1.